The molecule has 148 valence electrons. The minimum absolute atomic E-state index is 0.0324. The van der Waals surface area contributed by atoms with E-state index < -0.39 is 0 Å². The SMILES string of the molecule is CCC(C)OCC(=O)N[C@@H]1C[C@H](NC(=O)COc2ccc(Cl)cc2)C2CC21. The number of amides is 2. The van der Waals surface area contributed by atoms with E-state index in [1.54, 1.807) is 24.3 Å². The van der Waals surface area contributed by atoms with Crippen LogP contribution in [0.3, 0.4) is 0 Å². The lowest BCUT2D eigenvalue weighted by Gasteiger charge is -2.19. The van der Waals surface area contributed by atoms with Crippen LogP contribution in [0.5, 0.6) is 5.75 Å². The standard InChI is InChI=1S/C20H27ClN2O4/c1-3-12(2)26-10-19(24)22-17-9-18(16-8-15(16)17)23-20(25)11-27-14-6-4-13(21)5-7-14/h4-7,12,15-18H,3,8-11H2,1-2H3,(H,22,24)(H,23,25)/t12?,15?,16?,17-,18+/m1/s1. The van der Waals surface area contributed by atoms with E-state index in [2.05, 4.69) is 10.6 Å². The summed E-state index contributed by atoms with van der Waals surface area (Å²) in [5.41, 5.74) is 0. The highest BCUT2D eigenvalue weighted by Crippen LogP contribution is 2.51. The van der Waals surface area contributed by atoms with Crippen molar-refractivity contribution in [2.45, 2.75) is 51.3 Å². The first-order valence-corrected chi connectivity index (χ1v) is 9.92. The predicted octanol–water partition coefficient (Wildman–Crippen LogP) is 2.54. The highest BCUT2D eigenvalue weighted by atomic mass is 35.5. The van der Waals surface area contributed by atoms with Crippen LogP contribution in [-0.2, 0) is 14.3 Å². The van der Waals surface area contributed by atoms with E-state index in [9.17, 15) is 9.59 Å². The predicted molar refractivity (Wildman–Crippen MR) is 103 cm³/mol. The van der Waals surface area contributed by atoms with Crippen LogP contribution in [0.4, 0.5) is 0 Å². The van der Waals surface area contributed by atoms with Crippen molar-refractivity contribution in [1.29, 1.82) is 0 Å². The quantitative estimate of drug-likeness (QED) is 0.674. The number of ether oxygens (including phenoxy) is 2. The summed E-state index contributed by atoms with van der Waals surface area (Å²) < 4.78 is 11.0. The molecule has 2 fully saturated rings. The molecule has 2 N–H and O–H groups in total. The van der Waals surface area contributed by atoms with Crippen molar-refractivity contribution in [3.63, 3.8) is 0 Å². The van der Waals surface area contributed by atoms with Crippen LogP contribution >= 0.6 is 11.6 Å². The van der Waals surface area contributed by atoms with Crippen LogP contribution in [0.2, 0.25) is 5.02 Å². The van der Waals surface area contributed by atoms with Gasteiger partial charge in [-0.05, 0) is 62.3 Å². The van der Waals surface area contributed by atoms with Crippen molar-refractivity contribution >= 4 is 23.4 Å². The van der Waals surface area contributed by atoms with E-state index >= 15 is 0 Å². The molecule has 3 rings (SSSR count). The van der Waals surface area contributed by atoms with Crippen LogP contribution in [0, 0.1) is 11.8 Å². The second kappa shape index (κ2) is 8.93. The average molecular weight is 395 g/mol. The molecule has 0 bridgehead atoms. The summed E-state index contributed by atoms with van der Waals surface area (Å²) >= 11 is 5.83. The molecule has 3 unspecified atom stereocenters. The van der Waals surface area contributed by atoms with Gasteiger partial charge in [-0.25, -0.2) is 0 Å². The van der Waals surface area contributed by atoms with Crippen molar-refractivity contribution in [2.75, 3.05) is 13.2 Å². The minimum atomic E-state index is -0.146. The molecule has 7 heteroatoms. The molecule has 6 nitrogen and oxygen atoms in total. The third-order valence-electron chi connectivity index (χ3n) is 5.38. The van der Waals surface area contributed by atoms with E-state index in [0.29, 0.717) is 22.6 Å². The second-order valence-electron chi connectivity index (χ2n) is 7.42. The molecule has 2 aliphatic carbocycles. The maximum absolute atomic E-state index is 12.2. The topological polar surface area (TPSA) is 76.7 Å². The Kier molecular flexibility index (Phi) is 6.60. The molecule has 2 saturated carbocycles. The first-order valence-electron chi connectivity index (χ1n) is 9.55. The highest BCUT2D eigenvalue weighted by Gasteiger charge is 2.55. The van der Waals surface area contributed by atoms with E-state index in [0.717, 1.165) is 19.3 Å². The smallest absolute Gasteiger partial charge is 0.258 e. The number of carbonyl (C=O) groups is 2. The summed E-state index contributed by atoms with van der Waals surface area (Å²) in [5, 5.41) is 6.72. The zero-order chi connectivity index (χ0) is 19.4. The summed E-state index contributed by atoms with van der Waals surface area (Å²) in [7, 11) is 0. The lowest BCUT2D eigenvalue weighted by molar-refractivity contribution is -0.128. The van der Waals surface area contributed by atoms with Gasteiger partial charge in [0.05, 0.1) is 6.10 Å². The monoisotopic (exact) mass is 394 g/mol. The number of rotatable bonds is 9. The first kappa shape index (κ1) is 20.0. The molecule has 0 aliphatic heterocycles. The molecular formula is C20H27ClN2O4. The van der Waals surface area contributed by atoms with Gasteiger partial charge in [-0.2, -0.15) is 0 Å². The highest BCUT2D eigenvalue weighted by molar-refractivity contribution is 6.30. The van der Waals surface area contributed by atoms with Gasteiger partial charge in [-0.3, -0.25) is 9.59 Å². The lowest BCUT2D eigenvalue weighted by Crippen LogP contribution is -2.42. The fourth-order valence-corrected chi connectivity index (χ4v) is 3.75. The third-order valence-corrected chi connectivity index (χ3v) is 5.63. The van der Waals surface area contributed by atoms with Crippen molar-refractivity contribution in [3.8, 4) is 5.75 Å². The number of nitrogens with one attached hydrogen (secondary N) is 2. The first-order chi connectivity index (χ1) is 13.0. The third kappa shape index (κ3) is 5.59. The summed E-state index contributed by atoms with van der Waals surface area (Å²) in [6.07, 6.45) is 2.77. The molecule has 1 aromatic rings. The summed E-state index contributed by atoms with van der Waals surface area (Å²) in [6, 6.07) is 7.12. The number of benzene rings is 1. The van der Waals surface area contributed by atoms with Gasteiger partial charge < -0.3 is 20.1 Å². The minimum Gasteiger partial charge on any atom is -0.484 e. The number of fused-ring (bicyclic) bond motifs is 1. The molecule has 1 aromatic carbocycles. The van der Waals surface area contributed by atoms with Gasteiger partial charge in [0.1, 0.15) is 12.4 Å². The molecule has 0 saturated heterocycles. The molecule has 0 radical (unpaired) electrons. The summed E-state index contributed by atoms with van der Waals surface area (Å²) in [5.74, 6) is 1.29. The molecule has 0 heterocycles. The molecule has 2 amide bonds. The second-order valence-corrected chi connectivity index (χ2v) is 7.86. The van der Waals surface area contributed by atoms with Crippen LogP contribution in [0.1, 0.15) is 33.1 Å². The maximum Gasteiger partial charge on any atom is 0.258 e. The summed E-state index contributed by atoms with van der Waals surface area (Å²) in [6.45, 7) is 4.04. The van der Waals surface area contributed by atoms with E-state index in [4.69, 9.17) is 21.1 Å². The number of hydrogen-bond acceptors (Lipinski definition) is 4. The summed E-state index contributed by atoms with van der Waals surface area (Å²) in [4.78, 5) is 24.2. The average Bonchev–Trinajstić information content (AvgIpc) is 3.39. The van der Waals surface area contributed by atoms with Gasteiger partial charge in [0, 0.05) is 17.1 Å². The van der Waals surface area contributed by atoms with Crippen molar-refractivity contribution < 1.29 is 19.1 Å². The number of halogens is 1. The van der Waals surface area contributed by atoms with Gasteiger partial charge in [-0.15, -0.1) is 0 Å². The Morgan fingerprint density at radius 2 is 1.67 bits per heavy atom. The van der Waals surface area contributed by atoms with Crippen LogP contribution in [0.25, 0.3) is 0 Å². The fourth-order valence-electron chi connectivity index (χ4n) is 3.63. The molecule has 0 aromatic heterocycles. The largest absolute Gasteiger partial charge is 0.484 e. The van der Waals surface area contributed by atoms with Crippen LogP contribution < -0.4 is 15.4 Å². The Labute approximate surface area is 164 Å². The van der Waals surface area contributed by atoms with Gasteiger partial charge >= 0.3 is 0 Å². The van der Waals surface area contributed by atoms with Gasteiger partial charge in [0.25, 0.3) is 5.91 Å². The van der Waals surface area contributed by atoms with E-state index in [-0.39, 0.29) is 43.2 Å². The Hall–Kier alpha value is -1.79. The number of hydrogen-bond donors (Lipinski definition) is 2. The molecular weight excluding hydrogens is 368 g/mol. The van der Waals surface area contributed by atoms with Gasteiger partial charge in [0.15, 0.2) is 6.61 Å². The van der Waals surface area contributed by atoms with E-state index in [1.165, 1.54) is 0 Å². The molecule has 5 atom stereocenters. The van der Waals surface area contributed by atoms with Gasteiger partial charge in [-0.1, -0.05) is 18.5 Å². The normalized spacial score (nSPS) is 26.8. The maximum atomic E-state index is 12.2. The van der Waals surface area contributed by atoms with Gasteiger partial charge in [0.2, 0.25) is 5.91 Å². The Morgan fingerprint density at radius 1 is 1.07 bits per heavy atom. The Balaban J connectivity index is 1.39. The van der Waals surface area contributed by atoms with Crippen LogP contribution in [-0.4, -0.2) is 43.2 Å². The Morgan fingerprint density at radius 3 is 2.26 bits per heavy atom. The zero-order valence-corrected chi connectivity index (χ0v) is 16.5. The van der Waals surface area contributed by atoms with Crippen molar-refractivity contribution in [1.82, 2.24) is 10.6 Å². The van der Waals surface area contributed by atoms with Crippen LogP contribution in [0.15, 0.2) is 24.3 Å². The zero-order valence-electron chi connectivity index (χ0n) is 15.7. The Bertz CT molecular complexity index is 666. The molecule has 2 aliphatic rings. The van der Waals surface area contributed by atoms with E-state index in [1.807, 2.05) is 13.8 Å². The fraction of sp³-hybridized carbons (Fsp3) is 0.600. The lowest BCUT2D eigenvalue weighted by atomic mass is 10.1. The molecule has 0 spiro atoms. The van der Waals surface area contributed by atoms with Crippen molar-refractivity contribution in [2.24, 2.45) is 11.8 Å². The van der Waals surface area contributed by atoms with Crippen molar-refractivity contribution in [3.05, 3.63) is 29.3 Å². The molecule has 27 heavy (non-hydrogen) atoms. The number of carbonyl (C=O) groups excluding carboxylic acids is 2.